The smallest absolute Gasteiger partial charge is 0.262 e. The van der Waals surface area contributed by atoms with Crippen LogP contribution in [-0.4, -0.2) is 19.7 Å². The van der Waals surface area contributed by atoms with Gasteiger partial charge in [0, 0.05) is 18.7 Å². The first-order valence-corrected chi connectivity index (χ1v) is 10.4. The van der Waals surface area contributed by atoms with E-state index in [4.69, 9.17) is 10.7 Å². The van der Waals surface area contributed by atoms with E-state index in [9.17, 15) is 4.79 Å². The number of aromatic amines is 1. The van der Waals surface area contributed by atoms with Crippen LogP contribution < -0.4 is 11.3 Å². The molecule has 0 unspecified atom stereocenters. The molecule has 0 saturated carbocycles. The SMILES string of the molecule is CCCCCCCCCn1nc(C)c2c(=O)[nH]c(Cc3ccc(N)cc3)nc21. The van der Waals surface area contributed by atoms with Crippen LogP contribution in [0.1, 0.15) is 69.0 Å². The molecule has 0 aliphatic rings. The molecular formula is C22H31N5O. The molecule has 1 aromatic carbocycles. The number of hydrogen-bond donors (Lipinski definition) is 2. The quantitative estimate of drug-likeness (QED) is 0.403. The Labute approximate surface area is 166 Å². The minimum absolute atomic E-state index is 0.112. The molecule has 0 radical (unpaired) electrons. The highest BCUT2D eigenvalue weighted by Gasteiger charge is 2.14. The number of hydrogen-bond acceptors (Lipinski definition) is 4. The fourth-order valence-corrected chi connectivity index (χ4v) is 3.59. The van der Waals surface area contributed by atoms with Gasteiger partial charge >= 0.3 is 0 Å². The maximum Gasteiger partial charge on any atom is 0.262 e. The number of rotatable bonds is 10. The van der Waals surface area contributed by atoms with Crippen LogP contribution in [0.3, 0.4) is 0 Å². The van der Waals surface area contributed by atoms with Crippen LogP contribution in [0.5, 0.6) is 0 Å². The average Bonchev–Trinajstić information content (AvgIpc) is 2.99. The van der Waals surface area contributed by atoms with Crippen LogP contribution in [0.2, 0.25) is 0 Å². The van der Waals surface area contributed by atoms with E-state index >= 15 is 0 Å². The second kappa shape index (κ2) is 9.53. The molecule has 6 nitrogen and oxygen atoms in total. The summed E-state index contributed by atoms with van der Waals surface area (Å²) in [5, 5.41) is 5.18. The van der Waals surface area contributed by atoms with Crippen molar-refractivity contribution < 1.29 is 0 Å². The van der Waals surface area contributed by atoms with Crippen LogP contribution >= 0.6 is 0 Å². The molecule has 0 bridgehead atoms. The van der Waals surface area contributed by atoms with Gasteiger partial charge in [0.25, 0.3) is 5.56 Å². The summed E-state index contributed by atoms with van der Waals surface area (Å²) < 4.78 is 1.90. The third-order valence-electron chi connectivity index (χ3n) is 5.15. The maximum absolute atomic E-state index is 12.6. The van der Waals surface area contributed by atoms with Crippen LogP contribution in [0.4, 0.5) is 5.69 Å². The molecule has 0 aliphatic carbocycles. The average molecular weight is 382 g/mol. The van der Waals surface area contributed by atoms with E-state index in [0.717, 1.165) is 29.9 Å². The summed E-state index contributed by atoms with van der Waals surface area (Å²) in [7, 11) is 0. The van der Waals surface area contributed by atoms with E-state index in [1.807, 2.05) is 35.9 Å². The van der Waals surface area contributed by atoms with Crippen molar-refractivity contribution in [2.24, 2.45) is 0 Å². The maximum atomic E-state index is 12.6. The van der Waals surface area contributed by atoms with Gasteiger partial charge in [-0.3, -0.25) is 4.79 Å². The summed E-state index contributed by atoms with van der Waals surface area (Å²) in [6.07, 6.45) is 9.30. The van der Waals surface area contributed by atoms with Crippen LogP contribution in [0.25, 0.3) is 11.0 Å². The molecule has 0 fully saturated rings. The van der Waals surface area contributed by atoms with Crippen molar-refractivity contribution in [3.05, 3.63) is 51.7 Å². The van der Waals surface area contributed by atoms with E-state index < -0.39 is 0 Å². The van der Waals surface area contributed by atoms with Gasteiger partial charge in [-0.2, -0.15) is 5.10 Å². The Morgan fingerprint density at radius 2 is 1.71 bits per heavy atom. The Morgan fingerprint density at radius 3 is 2.43 bits per heavy atom. The van der Waals surface area contributed by atoms with Gasteiger partial charge in [0.2, 0.25) is 0 Å². The molecule has 6 heteroatoms. The van der Waals surface area contributed by atoms with Crippen molar-refractivity contribution in [2.75, 3.05) is 5.73 Å². The number of aromatic nitrogens is 4. The molecular weight excluding hydrogens is 350 g/mol. The largest absolute Gasteiger partial charge is 0.399 e. The van der Waals surface area contributed by atoms with Gasteiger partial charge in [-0.25, -0.2) is 9.67 Å². The van der Waals surface area contributed by atoms with E-state index in [2.05, 4.69) is 17.0 Å². The van der Waals surface area contributed by atoms with Crippen LogP contribution in [0, 0.1) is 6.92 Å². The van der Waals surface area contributed by atoms with Crippen LogP contribution in [0.15, 0.2) is 29.1 Å². The lowest BCUT2D eigenvalue weighted by molar-refractivity contribution is 0.528. The number of nitrogens with zero attached hydrogens (tertiary/aromatic N) is 3. The topological polar surface area (TPSA) is 89.6 Å². The number of unbranched alkanes of at least 4 members (excludes halogenated alkanes) is 6. The molecule has 2 aromatic heterocycles. The van der Waals surface area contributed by atoms with Crippen molar-refractivity contribution >= 4 is 16.7 Å². The monoisotopic (exact) mass is 381 g/mol. The van der Waals surface area contributed by atoms with Crippen molar-refractivity contribution in [1.82, 2.24) is 19.7 Å². The molecule has 0 amide bonds. The van der Waals surface area contributed by atoms with Gasteiger partial charge in [-0.15, -0.1) is 0 Å². The Morgan fingerprint density at radius 1 is 1.04 bits per heavy atom. The fourth-order valence-electron chi connectivity index (χ4n) is 3.59. The van der Waals surface area contributed by atoms with Gasteiger partial charge < -0.3 is 10.7 Å². The minimum Gasteiger partial charge on any atom is -0.399 e. The van der Waals surface area contributed by atoms with Crippen molar-refractivity contribution in [2.45, 2.75) is 71.8 Å². The molecule has 0 spiro atoms. The molecule has 0 atom stereocenters. The zero-order chi connectivity index (χ0) is 19.9. The zero-order valence-corrected chi connectivity index (χ0v) is 17.0. The van der Waals surface area contributed by atoms with E-state index in [1.165, 1.54) is 38.5 Å². The molecule has 3 N–H and O–H groups in total. The number of fused-ring (bicyclic) bond motifs is 1. The Balaban J connectivity index is 1.71. The molecule has 150 valence electrons. The van der Waals surface area contributed by atoms with E-state index in [-0.39, 0.29) is 5.56 Å². The number of nitrogen functional groups attached to an aromatic ring is 1. The first-order chi connectivity index (χ1) is 13.6. The number of nitrogens with two attached hydrogens (primary N) is 1. The predicted molar refractivity (Wildman–Crippen MR) is 115 cm³/mol. The van der Waals surface area contributed by atoms with Gasteiger partial charge in [-0.1, -0.05) is 57.6 Å². The number of H-pyrrole nitrogens is 1. The number of benzene rings is 1. The summed E-state index contributed by atoms with van der Waals surface area (Å²) in [5.74, 6) is 0.656. The summed E-state index contributed by atoms with van der Waals surface area (Å²) in [4.78, 5) is 20.2. The van der Waals surface area contributed by atoms with E-state index in [0.29, 0.717) is 23.3 Å². The third kappa shape index (κ3) is 5.00. The lowest BCUT2D eigenvalue weighted by Gasteiger charge is -2.06. The molecule has 28 heavy (non-hydrogen) atoms. The Kier molecular flexibility index (Phi) is 6.85. The zero-order valence-electron chi connectivity index (χ0n) is 17.0. The first kappa shape index (κ1) is 20.1. The number of nitrogens with one attached hydrogen (secondary N) is 1. The molecule has 0 aliphatic heterocycles. The standard InChI is InChI=1S/C22H31N5O/c1-3-4-5-6-7-8-9-14-27-21-20(16(2)26-27)22(28)25-19(24-21)15-17-10-12-18(23)13-11-17/h10-13H,3-9,14-15,23H2,1-2H3,(H,24,25,28). The highest BCUT2D eigenvalue weighted by molar-refractivity contribution is 5.77. The second-order valence-electron chi connectivity index (χ2n) is 7.56. The molecule has 3 rings (SSSR count). The molecule has 3 aromatic rings. The van der Waals surface area contributed by atoms with Crippen LogP contribution in [-0.2, 0) is 13.0 Å². The molecule has 0 saturated heterocycles. The number of anilines is 1. The van der Waals surface area contributed by atoms with Crippen molar-refractivity contribution in [3.63, 3.8) is 0 Å². The van der Waals surface area contributed by atoms with E-state index in [1.54, 1.807) is 0 Å². The molecule has 2 heterocycles. The number of aryl methyl sites for hydroxylation is 2. The lowest BCUT2D eigenvalue weighted by atomic mass is 10.1. The normalized spacial score (nSPS) is 11.4. The lowest BCUT2D eigenvalue weighted by Crippen LogP contribution is -2.13. The summed E-state index contributed by atoms with van der Waals surface area (Å²) in [5.41, 5.74) is 8.86. The van der Waals surface area contributed by atoms with Gasteiger partial charge in [-0.05, 0) is 31.0 Å². The summed E-state index contributed by atoms with van der Waals surface area (Å²) in [6.45, 7) is 4.91. The first-order valence-electron chi connectivity index (χ1n) is 10.4. The summed E-state index contributed by atoms with van der Waals surface area (Å²) in [6, 6.07) is 7.64. The Hall–Kier alpha value is -2.63. The highest BCUT2D eigenvalue weighted by atomic mass is 16.1. The second-order valence-corrected chi connectivity index (χ2v) is 7.56. The van der Waals surface area contributed by atoms with Crippen molar-refractivity contribution in [3.8, 4) is 0 Å². The summed E-state index contributed by atoms with van der Waals surface area (Å²) >= 11 is 0. The predicted octanol–water partition coefficient (Wildman–Crippen LogP) is 4.35. The minimum atomic E-state index is -0.112. The van der Waals surface area contributed by atoms with Gasteiger partial charge in [0.05, 0.1) is 5.69 Å². The fraction of sp³-hybridized carbons (Fsp3) is 0.500. The third-order valence-corrected chi connectivity index (χ3v) is 5.15. The highest BCUT2D eigenvalue weighted by Crippen LogP contribution is 2.15. The van der Waals surface area contributed by atoms with Crippen molar-refractivity contribution in [1.29, 1.82) is 0 Å². The van der Waals surface area contributed by atoms with Gasteiger partial charge in [0.15, 0.2) is 5.65 Å². The van der Waals surface area contributed by atoms with Gasteiger partial charge in [0.1, 0.15) is 11.2 Å². The Bertz CT molecular complexity index is 955.